The second-order valence-corrected chi connectivity index (χ2v) is 10.3. The fourth-order valence-electron chi connectivity index (χ4n) is 3.33. The van der Waals surface area contributed by atoms with Gasteiger partial charge in [-0.15, -0.1) is 0 Å². The molecule has 9 heteroatoms. The first kappa shape index (κ1) is 21.3. The first-order valence-electron chi connectivity index (χ1n) is 10.0. The van der Waals surface area contributed by atoms with Gasteiger partial charge in [0.1, 0.15) is 0 Å². The van der Waals surface area contributed by atoms with Gasteiger partial charge in [0.2, 0.25) is 5.89 Å². The van der Waals surface area contributed by atoms with E-state index < -0.39 is 0 Å². The number of aromatic nitrogens is 4. The van der Waals surface area contributed by atoms with Crippen LogP contribution in [0.15, 0.2) is 32.7 Å². The van der Waals surface area contributed by atoms with Gasteiger partial charge in [0.15, 0.2) is 11.0 Å². The molecule has 7 nitrogen and oxygen atoms in total. The predicted octanol–water partition coefficient (Wildman–Crippen LogP) is 4.76. The molecule has 30 heavy (non-hydrogen) atoms. The maximum Gasteiger partial charge on any atom is 0.262 e. The van der Waals surface area contributed by atoms with Gasteiger partial charge in [-0.1, -0.05) is 49.3 Å². The van der Waals surface area contributed by atoms with Crippen LogP contribution in [-0.4, -0.2) is 32.4 Å². The average molecular weight is 449 g/mol. The predicted molar refractivity (Wildman–Crippen MR) is 117 cm³/mol. The molecule has 2 atom stereocenters. The second-order valence-electron chi connectivity index (χ2n) is 8.57. The Balaban J connectivity index is 1.72. The summed E-state index contributed by atoms with van der Waals surface area (Å²) in [6, 6.07) is 5.16. The van der Waals surface area contributed by atoms with E-state index in [2.05, 4.69) is 10.1 Å². The van der Waals surface area contributed by atoms with Gasteiger partial charge in [0, 0.05) is 17.0 Å². The van der Waals surface area contributed by atoms with E-state index >= 15 is 0 Å². The lowest BCUT2D eigenvalue weighted by atomic mass is 9.96. The van der Waals surface area contributed by atoms with Crippen LogP contribution in [0.25, 0.3) is 10.9 Å². The van der Waals surface area contributed by atoms with E-state index in [0.717, 1.165) is 19.4 Å². The van der Waals surface area contributed by atoms with Gasteiger partial charge < -0.3 is 9.26 Å². The third-order valence-corrected chi connectivity index (χ3v) is 6.35. The van der Waals surface area contributed by atoms with Crippen LogP contribution in [0.5, 0.6) is 0 Å². The lowest BCUT2D eigenvalue weighted by Crippen LogP contribution is -2.29. The van der Waals surface area contributed by atoms with Gasteiger partial charge in [0.25, 0.3) is 5.56 Å². The minimum atomic E-state index is -0.202. The molecule has 3 aromatic rings. The third-order valence-electron chi connectivity index (χ3n) is 5.04. The highest BCUT2D eigenvalue weighted by molar-refractivity contribution is 7.99. The number of hydrogen-bond acceptors (Lipinski definition) is 7. The molecule has 4 rings (SSSR count). The molecular weight excluding hydrogens is 424 g/mol. The molecule has 1 saturated heterocycles. The van der Waals surface area contributed by atoms with E-state index in [0.29, 0.717) is 39.3 Å². The number of ether oxygens (including phenoxy) is 1. The molecule has 1 fully saturated rings. The van der Waals surface area contributed by atoms with Crippen molar-refractivity contribution in [2.45, 2.75) is 69.0 Å². The molecule has 2 aromatic heterocycles. The highest BCUT2D eigenvalue weighted by Gasteiger charge is 2.26. The summed E-state index contributed by atoms with van der Waals surface area (Å²) in [5.74, 6) is 1.16. The molecule has 0 amide bonds. The second kappa shape index (κ2) is 8.32. The average Bonchev–Trinajstić information content (AvgIpc) is 3.36. The Labute approximate surface area is 184 Å². The van der Waals surface area contributed by atoms with Crippen molar-refractivity contribution in [2.75, 3.05) is 6.61 Å². The van der Waals surface area contributed by atoms with Crippen LogP contribution in [0.3, 0.4) is 0 Å². The topological polar surface area (TPSA) is 83.0 Å². The summed E-state index contributed by atoms with van der Waals surface area (Å²) in [5.41, 5.74) is 0.279. The van der Waals surface area contributed by atoms with Crippen LogP contribution >= 0.6 is 23.4 Å². The Morgan fingerprint density at radius 3 is 2.80 bits per heavy atom. The van der Waals surface area contributed by atoms with Crippen LogP contribution < -0.4 is 5.56 Å². The summed E-state index contributed by atoms with van der Waals surface area (Å²) >= 11 is 7.56. The number of fused-ring (bicyclic) bond motifs is 1. The first-order valence-corrected chi connectivity index (χ1v) is 11.3. The lowest BCUT2D eigenvalue weighted by Gasteiger charge is -2.17. The van der Waals surface area contributed by atoms with E-state index in [1.807, 2.05) is 27.7 Å². The SMILES string of the molecule is C[C@@H](Sc1nc2cc(Cl)ccc2c(=O)n1C[C@@H]1CCCO1)c1nc(C(C)(C)C)no1. The molecule has 0 aliphatic carbocycles. The van der Waals surface area contributed by atoms with Gasteiger partial charge in [0.05, 0.1) is 28.8 Å². The van der Waals surface area contributed by atoms with Crippen LogP contribution in [-0.2, 0) is 16.7 Å². The van der Waals surface area contributed by atoms with Crippen LogP contribution in [0.4, 0.5) is 0 Å². The molecular formula is C21H25ClN4O3S. The molecule has 0 bridgehead atoms. The molecule has 0 spiro atoms. The Bertz CT molecular complexity index is 1120. The summed E-state index contributed by atoms with van der Waals surface area (Å²) in [4.78, 5) is 22.6. The largest absolute Gasteiger partial charge is 0.376 e. The molecule has 0 unspecified atom stereocenters. The fraction of sp³-hybridized carbons (Fsp3) is 0.524. The number of rotatable bonds is 5. The van der Waals surface area contributed by atoms with E-state index in [1.54, 1.807) is 22.8 Å². The maximum absolute atomic E-state index is 13.3. The quantitative estimate of drug-likeness (QED) is 0.411. The zero-order chi connectivity index (χ0) is 21.5. The summed E-state index contributed by atoms with van der Waals surface area (Å²) < 4.78 is 13.0. The van der Waals surface area contributed by atoms with Gasteiger partial charge in [-0.05, 0) is 38.0 Å². The van der Waals surface area contributed by atoms with E-state index in [-0.39, 0.29) is 22.3 Å². The van der Waals surface area contributed by atoms with Gasteiger partial charge in [-0.25, -0.2) is 4.98 Å². The van der Waals surface area contributed by atoms with E-state index in [9.17, 15) is 4.79 Å². The summed E-state index contributed by atoms with van der Waals surface area (Å²) in [6.07, 6.45) is 1.95. The smallest absolute Gasteiger partial charge is 0.262 e. The molecule has 1 aromatic carbocycles. The Morgan fingerprint density at radius 2 is 2.13 bits per heavy atom. The first-order chi connectivity index (χ1) is 14.2. The number of thioether (sulfide) groups is 1. The summed E-state index contributed by atoms with van der Waals surface area (Å²) in [7, 11) is 0. The van der Waals surface area contributed by atoms with Crippen molar-refractivity contribution < 1.29 is 9.26 Å². The molecule has 0 radical (unpaired) electrons. The highest BCUT2D eigenvalue weighted by atomic mass is 35.5. The van der Waals surface area contributed by atoms with Crippen molar-refractivity contribution >= 4 is 34.3 Å². The molecule has 0 saturated carbocycles. The molecule has 3 heterocycles. The standard InChI is InChI=1S/C21H25ClN4O3S/c1-12(17-24-19(25-29-17)21(2,3)4)30-20-23-16-10-13(22)7-8-15(16)18(27)26(20)11-14-6-5-9-28-14/h7-8,10,12,14H,5-6,9,11H2,1-4H3/t12-,14+/m1/s1. The molecule has 160 valence electrons. The van der Waals surface area contributed by atoms with Crippen molar-refractivity contribution in [1.82, 2.24) is 19.7 Å². The highest BCUT2D eigenvalue weighted by Crippen LogP contribution is 2.34. The normalized spacial score (nSPS) is 18.2. The van der Waals surface area contributed by atoms with Gasteiger partial charge in [-0.2, -0.15) is 4.98 Å². The zero-order valence-electron chi connectivity index (χ0n) is 17.5. The zero-order valence-corrected chi connectivity index (χ0v) is 19.1. The van der Waals surface area contributed by atoms with E-state index in [1.165, 1.54) is 11.8 Å². The number of hydrogen-bond donors (Lipinski definition) is 0. The van der Waals surface area contributed by atoms with Crippen molar-refractivity contribution in [3.05, 3.63) is 45.3 Å². The molecule has 1 aliphatic rings. The number of benzene rings is 1. The van der Waals surface area contributed by atoms with Crippen LogP contribution in [0.1, 0.15) is 57.5 Å². The van der Waals surface area contributed by atoms with Crippen molar-refractivity contribution in [3.8, 4) is 0 Å². The fourth-order valence-corrected chi connectivity index (χ4v) is 4.45. The van der Waals surface area contributed by atoms with Crippen molar-refractivity contribution in [1.29, 1.82) is 0 Å². The van der Waals surface area contributed by atoms with Gasteiger partial charge in [-0.3, -0.25) is 9.36 Å². The van der Waals surface area contributed by atoms with Gasteiger partial charge >= 0.3 is 0 Å². The monoisotopic (exact) mass is 448 g/mol. The Hall–Kier alpha value is -1.90. The Morgan fingerprint density at radius 1 is 1.33 bits per heavy atom. The van der Waals surface area contributed by atoms with Crippen LogP contribution in [0.2, 0.25) is 5.02 Å². The van der Waals surface area contributed by atoms with Crippen LogP contribution in [0, 0.1) is 0 Å². The minimum Gasteiger partial charge on any atom is -0.376 e. The molecule has 1 aliphatic heterocycles. The number of nitrogens with zero attached hydrogens (tertiary/aromatic N) is 4. The summed E-state index contributed by atoms with van der Waals surface area (Å²) in [5, 5.41) is 5.61. The maximum atomic E-state index is 13.3. The summed E-state index contributed by atoms with van der Waals surface area (Å²) in [6.45, 7) is 9.27. The van der Waals surface area contributed by atoms with E-state index in [4.69, 9.17) is 25.8 Å². The molecule has 0 N–H and O–H groups in total. The number of halogens is 1. The Kier molecular flexibility index (Phi) is 5.92. The lowest BCUT2D eigenvalue weighted by molar-refractivity contribution is 0.0937. The van der Waals surface area contributed by atoms with Crippen molar-refractivity contribution in [3.63, 3.8) is 0 Å². The third kappa shape index (κ3) is 4.40. The van der Waals surface area contributed by atoms with Crippen molar-refractivity contribution in [2.24, 2.45) is 0 Å². The minimum absolute atomic E-state index is 0.0137.